The molecule has 0 aromatic heterocycles. The van der Waals surface area contributed by atoms with Crippen LogP contribution in [-0.2, 0) is 19.1 Å². The summed E-state index contributed by atoms with van der Waals surface area (Å²) < 4.78 is 11.4. The normalized spacial score (nSPS) is 54.4. The minimum Gasteiger partial charge on any atom is -0.461 e. The van der Waals surface area contributed by atoms with Crippen molar-refractivity contribution in [1.29, 1.82) is 0 Å². The van der Waals surface area contributed by atoms with Gasteiger partial charge in [-0.25, -0.2) is 0 Å². The van der Waals surface area contributed by atoms with Crippen molar-refractivity contribution in [2.45, 2.75) is 64.6 Å². The molecular weight excluding hydrogens is 336 g/mol. The lowest BCUT2D eigenvalue weighted by molar-refractivity contribution is -0.267. The summed E-state index contributed by atoms with van der Waals surface area (Å²) in [6.07, 6.45) is 0.276. The van der Waals surface area contributed by atoms with E-state index in [1.165, 1.54) is 0 Å². The predicted octanol–water partition coefficient (Wildman–Crippen LogP) is 1.54. The third-order valence-corrected chi connectivity index (χ3v) is 8.34. The van der Waals surface area contributed by atoms with E-state index >= 15 is 0 Å². The van der Waals surface area contributed by atoms with Gasteiger partial charge in [-0.1, -0.05) is 20.4 Å². The van der Waals surface area contributed by atoms with Crippen molar-refractivity contribution in [3.05, 3.63) is 12.2 Å². The minimum atomic E-state index is -1.27. The molecule has 142 valence electrons. The number of carbonyl (C=O) groups is 2. The molecule has 6 heteroatoms. The van der Waals surface area contributed by atoms with Gasteiger partial charge in [0.1, 0.15) is 11.5 Å². The zero-order valence-electron chi connectivity index (χ0n) is 15.2. The van der Waals surface area contributed by atoms with E-state index < -0.39 is 41.4 Å². The Morgan fingerprint density at radius 3 is 2.62 bits per heavy atom. The van der Waals surface area contributed by atoms with Gasteiger partial charge in [-0.2, -0.15) is 0 Å². The first kappa shape index (κ1) is 16.9. The maximum absolute atomic E-state index is 13.2. The zero-order valence-corrected chi connectivity index (χ0v) is 15.2. The maximum atomic E-state index is 13.2. The number of esters is 1. The van der Waals surface area contributed by atoms with E-state index in [0.717, 1.165) is 12.8 Å². The lowest BCUT2D eigenvalue weighted by atomic mass is 9.43. The Hall–Kier alpha value is -1.24. The molecule has 2 spiro atoms. The SMILES string of the molecule is C=C1C(=O)[C@]23C[C@@H]1CC[C@H]2C12C(O)O[C@@H](O)[C@@H]1C(C)(C)CC[C@@H]2OC3=O. The van der Waals surface area contributed by atoms with Crippen LogP contribution in [0.1, 0.15) is 46.0 Å². The molecule has 3 aliphatic carbocycles. The highest BCUT2D eigenvalue weighted by Crippen LogP contribution is 2.72. The Morgan fingerprint density at radius 2 is 1.88 bits per heavy atom. The van der Waals surface area contributed by atoms with Crippen LogP contribution in [0.3, 0.4) is 0 Å². The van der Waals surface area contributed by atoms with E-state index in [1.807, 2.05) is 0 Å². The first-order valence-corrected chi connectivity index (χ1v) is 9.63. The number of rotatable bonds is 0. The minimum absolute atomic E-state index is 0.0127. The highest BCUT2D eigenvalue weighted by Gasteiger charge is 2.79. The van der Waals surface area contributed by atoms with Crippen LogP contribution in [0.25, 0.3) is 0 Å². The summed E-state index contributed by atoms with van der Waals surface area (Å²) in [5.41, 5.74) is -2.00. The third-order valence-electron chi connectivity index (χ3n) is 8.34. The molecule has 2 bridgehead atoms. The molecule has 8 atom stereocenters. The predicted molar refractivity (Wildman–Crippen MR) is 89.3 cm³/mol. The van der Waals surface area contributed by atoms with Crippen LogP contribution in [0.5, 0.6) is 0 Å². The summed E-state index contributed by atoms with van der Waals surface area (Å²) in [7, 11) is 0. The van der Waals surface area contributed by atoms with Gasteiger partial charge in [0.2, 0.25) is 0 Å². The highest BCUT2D eigenvalue weighted by atomic mass is 16.7. The molecule has 0 aromatic rings. The van der Waals surface area contributed by atoms with Crippen LogP contribution in [-0.4, -0.2) is 40.6 Å². The van der Waals surface area contributed by atoms with Gasteiger partial charge in [-0.05, 0) is 54.9 Å². The van der Waals surface area contributed by atoms with E-state index in [9.17, 15) is 19.8 Å². The monoisotopic (exact) mass is 362 g/mol. The molecule has 26 heavy (non-hydrogen) atoms. The number of aliphatic hydroxyl groups excluding tert-OH is 2. The van der Waals surface area contributed by atoms with Gasteiger partial charge < -0.3 is 19.7 Å². The van der Waals surface area contributed by atoms with Gasteiger partial charge in [0.25, 0.3) is 0 Å². The quantitative estimate of drug-likeness (QED) is 0.386. The highest BCUT2D eigenvalue weighted by molar-refractivity contribution is 6.15. The second-order valence-corrected chi connectivity index (χ2v) is 9.63. The summed E-state index contributed by atoms with van der Waals surface area (Å²) in [5, 5.41) is 21.7. The van der Waals surface area contributed by atoms with Gasteiger partial charge in [-0.3, -0.25) is 9.59 Å². The van der Waals surface area contributed by atoms with Crippen molar-refractivity contribution in [2.24, 2.45) is 34.0 Å². The number of ether oxygens (including phenoxy) is 2. The first-order valence-electron chi connectivity index (χ1n) is 9.63. The molecule has 0 amide bonds. The number of hydrogen-bond donors (Lipinski definition) is 2. The van der Waals surface area contributed by atoms with Crippen LogP contribution in [0.15, 0.2) is 12.2 Å². The molecule has 2 unspecified atom stereocenters. The van der Waals surface area contributed by atoms with Gasteiger partial charge >= 0.3 is 5.97 Å². The number of allylic oxidation sites excluding steroid dienone is 1. The Kier molecular flexibility index (Phi) is 3.10. The molecular formula is C20H26O6. The van der Waals surface area contributed by atoms with Crippen molar-refractivity contribution < 1.29 is 29.3 Å². The van der Waals surface area contributed by atoms with Gasteiger partial charge in [-0.15, -0.1) is 0 Å². The van der Waals surface area contributed by atoms with Crippen molar-refractivity contribution in [1.82, 2.24) is 0 Å². The number of aliphatic hydroxyl groups is 2. The standard InChI is InChI=1S/C20H26O6/c1-9-10-4-5-11-19(8-10,14(9)21)16(23)25-12-6-7-18(2,3)13-15(22)26-17(24)20(11,12)13/h10-13,15,17,22,24H,1,4-8H2,2-3H3/t10-,11+,12-,13+,15+,17?,19-,20?/m0/s1. The van der Waals surface area contributed by atoms with Gasteiger partial charge in [0, 0.05) is 5.92 Å². The average Bonchev–Trinajstić information content (AvgIpc) is 2.96. The Labute approximate surface area is 152 Å². The lowest BCUT2D eigenvalue weighted by Crippen LogP contribution is -2.69. The maximum Gasteiger partial charge on any atom is 0.320 e. The number of ketones is 1. The Balaban J connectivity index is 1.75. The summed E-state index contributed by atoms with van der Waals surface area (Å²) in [6.45, 7) is 8.07. The summed E-state index contributed by atoms with van der Waals surface area (Å²) in [4.78, 5) is 26.3. The largest absolute Gasteiger partial charge is 0.461 e. The number of carbonyl (C=O) groups excluding carboxylic acids is 2. The zero-order chi connectivity index (χ0) is 18.6. The second-order valence-electron chi connectivity index (χ2n) is 9.63. The molecule has 6 nitrogen and oxygen atoms in total. The average molecular weight is 362 g/mol. The van der Waals surface area contributed by atoms with Crippen LogP contribution in [0, 0.1) is 34.0 Å². The van der Waals surface area contributed by atoms with Gasteiger partial charge in [0.05, 0.1) is 5.41 Å². The summed E-state index contributed by atoms with van der Waals surface area (Å²) in [5.74, 6) is -1.45. The van der Waals surface area contributed by atoms with E-state index in [2.05, 4.69) is 20.4 Å². The fourth-order valence-corrected chi connectivity index (χ4v) is 7.33. The van der Waals surface area contributed by atoms with Crippen LogP contribution < -0.4 is 0 Å². The van der Waals surface area contributed by atoms with Crippen LogP contribution in [0.4, 0.5) is 0 Å². The molecule has 0 aromatic carbocycles. The molecule has 5 aliphatic rings. The van der Waals surface area contributed by atoms with Crippen LogP contribution in [0.2, 0.25) is 0 Å². The number of hydrogen-bond acceptors (Lipinski definition) is 6. The third kappa shape index (κ3) is 1.57. The van der Waals surface area contributed by atoms with Crippen molar-refractivity contribution in [2.75, 3.05) is 0 Å². The summed E-state index contributed by atoms with van der Waals surface area (Å²) in [6, 6.07) is 0. The van der Waals surface area contributed by atoms with Crippen LogP contribution >= 0.6 is 0 Å². The fraction of sp³-hybridized carbons (Fsp3) is 0.800. The van der Waals surface area contributed by atoms with E-state index in [4.69, 9.17) is 9.47 Å². The Morgan fingerprint density at radius 1 is 1.15 bits per heavy atom. The smallest absolute Gasteiger partial charge is 0.320 e. The first-order chi connectivity index (χ1) is 12.2. The van der Waals surface area contributed by atoms with Gasteiger partial charge in [0.15, 0.2) is 18.4 Å². The molecule has 2 aliphatic heterocycles. The fourth-order valence-electron chi connectivity index (χ4n) is 7.33. The molecule has 0 radical (unpaired) electrons. The van der Waals surface area contributed by atoms with Crippen molar-refractivity contribution >= 4 is 11.8 Å². The van der Waals surface area contributed by atoms with E-state index in [-0.39, 0.29) is 23.0 Å². The molecule has 2 N–H and O–H groups in total. The van der Waals surface area contributed by atoms with Crippen molar-refractivity contribution in [3.8, 4) is 0 Å². The molecule has 5 fully saturated rings. The molecule has 2 saturated heterocycles. The molecule has 2 heterocycles. The molecule has 5 rings (SSSR count). The Bertz CT molecular complexity index is 728. The lowest BCUT2D eigenvalue weighted by Gasteiger charge is -2.62. The van der Waals surface area contributed by atoms with E-state index in [1.54, 1.807) is 0 Å². The molecule has 3 saturated carbocycles. The topological polar surface area (TPSA) is 93.1 Å². The number of fused-ring (bicyclic) bond motifs is 1. The number of Topliss-reactive ketones (excluding diaryl/α,β-unsaturated/α-hetero) is 1. The van der Waals surface area contributed by atoms with E-state index in [0.29, 0.717) is 24.8 Å². The second kappa shape index (κ2) is 4.78. The summed E-state index contributed by atoms with van der Waals surface area (Å²) >= 11 is 0. The van der Waals surface area contributed by atoms with Crippen molar-refractivity contribution in [3.63, 3.8) is 0 Å².